The summed E-state index contributed by atoms with van der Waals surface area (Å²) in [5.41, 5.74) is 0. The minimum Gasteiger partial charge on any atom is -0.286 e. The summed E-state index contributed by atoms with van der Waals surface area (Å²) in [6, 6.07) is 0. The molecule has 0 aromatic heterocycles. The third kappa shape index (κ3) is 4.86. The molecule has 0 aromatic rings. The number of carbonyl (C=O) groups excluding carboxylic acids is 1. The largest absolute Gasteiger partial charge is 0.400 e. The summed E-state index contributed by atoms with van der Waals surface area (Å²) in [6.45, 7) is 2.03. The molecule has 0 aromatic carbocycles. The fourth-order valence-electron chi connectivity index (χ4n) is 1.48. The van der Waals surface area contributed by atoms with Crippen LogP contribution in [0.5, 0.6) is 0 Å². The maximum atomic E-state index is 11.1. The van der Waals surface area contributed by atoms with Crippen LogP contribution in [0.3, 0.4) is 0 Å². The van der Waals surface area contributed by atoms with Crippen LogP contribution in [0.15, 0.2) is 0 Å². The highest BCUT2D eigenvalue weighted by molar-refractivity contribution is 8.13. The van der Waals surface area contributed by atoms with E-state index in [0.717, 1.165) is 25.0 Å². The second-order valence-electron chi connectivity index (χ2n) is 3.54. The minimum atomic E-state index is -0.308. The SMILES string of the molecule is CCCSC(=O)OOC1CCCCC1. The van der Waals surface area contributed by atoms with E-state index in [0.29, 0.717) is 0 Å². The van der Waals surface area contributed by atoms with Gasteiger partial charge in [0.25, 0.3) is 0 Å². The zero-order valence-electron chi connectivity index (χ0n) is 8.66. The van der Waals surface area contributed by atoms with Crippen LogP contribution in [-0.4, -0.2) is 17.2 Å². The number of thioether (sulfide) groups is 1. The van der Waals surface area contributed by atoms with Gasteiger partial charge in [-0.1, -0.05) is 26.2 Å². The Morgan fingerprint density at radius 3 is 2.71 bits per heavy atom. The van der Waals surface area contributed by atoms with Crippen molar-refractivity contribution in [3.05, 3.63) is 0 Å². The standard InChI is InChI=1S/C10H18O3S/c1-2-8-14-10(11)13-12-9-6-4-3-5-7-9/h9H,2-8H2,1H3. The molecule has 4 heteroatoms. The average Bonchev–Trinajstić information content (AvgIpc) is 2.25. The minimum absolute atomic E-state index is 0.134. The van der Waals surface area contributed by atoms with Crippen molar-refractivity contribution in [1.29, 1.82) is 0 Å². The van der Waals surface area contributed by atoms with Crippen LogP contribution >= 0.6 is 11.8 Å². The van der Waals surface area contributed by atoms with Gasteiger partial charge in [-0.05, 0) is 31.0 Å². The van der Waals surface area contributed by atoms with E-state index in [4.69, 9.17) is 9.78 Å². The Kier molecular flexibility index (Phi) is 6.03. The molecule has 0 atom stereocenters. The molecule has 14 heavy (non-hydrogen) atoms. The van der Waals surface area contributed by atoms with Gasteiger partial charge in [0, 0.05) is 5.75 Å². The van der Waals surface area contributed by atoms with Crippen molar-refractivity contribution in [2.24, 2.45) is 0 Å². The summed E-state index contributed by atoms with van der Waals surface area (Å²) in [5, 5.41) is -0.308. The summed E-state index contributed by atoms with van der Waals surface area (Å²) in [7, 11) is 0. The molecule has 1 fully saturated rings. The van der Waals surface area contributed by atoms with E-state index in [1.165, 1.54) is 31.0 Å². The summed E-state index contributed by atoms with van der Waals surface area (Å²) >= 11 is 1.18. The normalized spacial score (nSPS) is 18.1. The number of carbonyl (C=O) groups is 1. The second kappa shape index (κ2) is 7.12. The first-order valence-electron chi connectivity index (χ1n) is 5.33. The van der Waals surface area contributed by atoms with Crippen molar-refractivity contribution in [2.75, 3.05) is 5.75 Å². The molecule has 0 spiro atoms. The van der Waals surface area contributed by atoms with Gasteiger partial charge >= 0.3 is 5.30 Å². The molecule has 0 aliphatic heterocycles. The molecular weight excluding hydrogens is 200 g/mol. The Hall–Kier alpha value is -0.220. The molecular formula is C10H18O3S. The molecule has 3 nitrogen and oxygen atoms in total. The first-order chi connectivity index (χ1) is 6.83. The van der Waals surface area contributed by atoms with Crippen LogP contribution in [0.25, 0.3) is 0 Å². The Morgan fingerprint density at radius 1 is 1.36 bits per heavy atom. The van der Waals surface area contributed by atoms with Gasteiger partial charge in [0.1, 0.15) is 6.10 Å². The lowest BCUT2D eigenvalue weighted by Gasteiger charge is -2.19. The van der Waals surface area contributed by atoms with Crippen LogP contribution < -0.4 is 0 Å². The molecule has 0 bridgehead atoms. The van der Waals surface area contributed by atoms with Crippen LogP contribution in [0.1, 0.15) is 45.4 Å². The van der Waals surface area contributed by atoms with E-state index in [-0.39, 0.29) is 11.4 Å². The smallest absolute Gasteiger partial charge is 0.286 e. The van der Waals surface area contributed by atoms with Crippen LogP contribution in [-0.2, 0) is 9.78 Å². The molecule has 82 valence electrons. The maximum absolute atomic E-state index is 11.1. The van der Waals surface area contributed by atoms with Gasteiger partial charge in [0.15, 0.2) is 0 Å². The maximum Gasteiger partial charge on any atom is 0.400 e. The van der Waals surface area contributed by atoms with Crippen LogP contribution in [0.4, 0.5) is 4.79 Å². The lowest BCUT2D eigenvalue weighted by atomic mass is 9.98. The first-order valence-corrected chi connectivity index (χ1v) is 6.31. The van der Waals surface area contributed by atoms with Crippen molar-refractivity contribution in [3.8, 4) is 0 Å². The molecule has 0 N–H and O–H groups in total. The Morgan fingerprint density at radius 2 is 2.07 bits per heavy atom. The van der Waals surface area contributed by atoms with E-state index in [1.54, 1.807) is 0 Å². The topological polar surface area (TPSA) is 35.5 Å². The van der Waals surface area contributed by atoms with Gasteiger partial charge in [-0.25, -0.2) is 4.79 Å². The quantitative estimate of drug-likeness (QED) is 0.534. The highest BCUT2D eigenvalue weighted by Gasteiger charge is 2.16. The third-order valence-corrected chi connectivity index (χ3v) is 3.14. The van der Waals surface area contributed by atoms with Gasteiger partial charge in [-0.2, -0.15) is 4.89 Å². The lowest BCUT2D eigenvalue weighted by molar-refractivity contribution is -0.271. The summed E-state index contributed by atoms with van der Waals surface area (Å²) in [6.07, 6.45) is 6.79. The molecule has 1 saturated carbocycles. The lowest BCUT2D eigenvalue weighted by Crippen LogP contribution is -2.17. The van der Waals surface area contributed by atoms with Gasteiger partial charge in [-0.3, -0.25) is 4.89 Å². The molecule has 1 rings (SSSR count). The molecule has 0 heterocycles. The summed E-state index contributed by atoms with van der Waals surface area (Å²) < 4.78 is 0. The average molecular weight is 218 g/mol. The molecule has 1 aliphatic rings. The summed E-state index contributed by atoms with van der Waals surface area (Å²) in [5.74, 6) is 0.798. The van der Waals surface area contributed by atoms with Crippen molar-refractivity contribution < 1.29 is 14.6 Å². The third-order valence-electron chi connectivity index (χ3n) is 2.23. The van der Waals surface area contributed by atoms with E-state index >= 15 is 0 Å². The highest BCUT2D eigenvalue weighted by Crippen LogP contribution is 2.21. The first kappa shape index (κ1) is 11.9. The summed E-state index contributed by atoms with van der Waals surface area (Å²) in [4.78, 5) is 20.8. The van der Waals surface area contributed by atoms with Gasteiger partial charge in [0.05, 0.1) is 0 Å². The Labute approximate surface area is 89.5 Å². The predicted octanol–water partition coefficient (Wildman–Crippen LogP) is 3.53. The van der Waals surface area contributed by atoms with E-state index in [9.17, 15) is 4.79 Å². The molecule has 0 radical (unpaired) electrons. The van der Waals surface area contributed by atoms with Crippen molar-refractivity contribution in [2.45, 2.75) is 51.6 Å². The van der Waals surface area contributed by atoms with Gasteiger partial charge in [0.2, 0.25) is 0 Å². The number of hydrogen-bond donors (Lipinski definition) is 0. The second-order valence-corrected chi connectivity index (χ2v) is 4.57. The van der Waals surface area contributed by atoms with E-state index < -0.39 is 0 Å². The van der Waals surface area contributed by atoms with Crippen molar-refractivity contribution in [3.63, 3.8) is 0 Å². The number of rotatable bonds is 4. The van der Waals surface area contributed by atoms with E-state index in [1.807, 2.05) is 6.92 Å². The fraction of sp³-hybridized carbons (Fsp3) is 0.900. The molecule has 0 saturated heterocycles. The van der Waals surface area contributed by atoms with E-state index in [2.05, 4.69) is 0 Å². The zero-order valence-corrected chi connectivity index (χ0v) is 9.48. The predicted molar refractivity (Wildman–Crippen MR) is 57.2 cm³/mol. The molecule has 0 unspecified atom stereocenters. The molecule has 1 aliphatic carbocycles. The van der Waals surface area contributed by atoms with Gasteiger partial charge < -0.3 is 0 Å². The van der Waals surface area contributed by atoms with Crippen LogP contribution in [0, 0.1) is 0 Å². The monoisotopic (exact) mass is 218 g/mol. The van der Waals surface area contributed by atoms with Crippen molar-refractivity contribution in [1.82, 2.24) is 0 Å². The van der Waals surface area contributed by atoms with Crippen LogP contribution in [0.2, 0.25) is 0 Å². The fourth-order valence-corrected chi connectivity index (χ4v) is 1.94. The Balaban J connectivity index is 2.03. The number of hydrogen-bond acceptors (Lipinski definition) is 4. The molecule has 0 amide bonds. The van der Waals surface area contributed by atoms with Crippen molar-refractivity contribution >= 4 is 17.1 Å². The van der Waals surface area contributed by atoms with Gasteiger partial charge in [-0.15, -0.1) is 0 Å². The zero-order chi connectivity index (χ0) is 10.2. The Bertz CT molecular complexity index is 167. The highest BCUT2D eigenvalue weighted by atomic mass is 32.2.